The Kier molecular flexibility index (Phi) is 9.72. The van der Waals surface area contributed by atoms with E-state index in [-0.39, 0.29) is 17.3 Å². The van der Waals surface area contributed by atoms with E-state index in [1.807, 2.05) is 30.3 Å². The first-order valence-electron chi connectivity index (χ1n) is 12.1. The first kappa shape index (κ1) is 28.2. The van der Waals surface area contributed by atoms with Crippen molar-refractivity contribution < 1.29 is 18.0 Å². The number of hydrogen-bond acceptors (Lipinski definition) is 4. The third-order valence-electron chi connectivity index (χ3n) is 6.07. The maximum Gasteiger partial charge on any atom is 0.264 e. The van der Waals surface area contributed by atoms with Gasteiger partial charge in [0.15, 0.2) is 0 Å². The van der Waals surface area contributed by atoms with Crippen LogP contribution in [-0.4, -0.2) is 50.8 Å². The fraction of sp³-hybridized carbons (Fsp3) is 0.286. The predicted molar refractivity (Wildman–Crippen MR) is 147 cm³/mol. The number of anilines is 1. The van der Waals surface area contributed by atoms with E-state index in [0.717, 1.165) is 9.87 Å². The molecule has 0 spiro atoms. The van der Waals surface area contributed by atoms with Crippen LogP contribution in [0.3, 0.4) is 0 Å². The van der Waals surface area contributed by atoms with Gasteiger partial charge in [-0.2, -0.15) is 0 Å². The van der Waals surface area contributed by atoms with Crippen molar-refractivity contribution in [2.75, 3.05) is 23.9 Å². The molecule has 7 nitrogen and oxygen atoms in total. The van der Waals surface area contributed by atoms with E-state index in [9.17, 15) is 18.0 Å². The van der Waals surface area contributed by atoms with Crippen molar-refractivity contribution >= 4 is 39.1 Å². The number of likely N-dealkylation sites (N-methyl/N-ethyl adjacent to an activating group) is 1. The molecule has 0 aliphatic carbocycles. The zero-order valence-electron chi connectivity index (χ0n) is 21.2. The average Bonchev–Trinajstić information content (AvgIpc) is 2.88. The first-order valence-corrected chi connectivity index (χ1v) is 13.9. The number of benzene rings is 3. The van der Waals surface area contributed by atoms with Crippen molar-refractivity contribution in [3.63, 3.8) is 0 Å². The zero-order chi connectivity index (χ0) is 27.0. The molecule has 0 radical (unpaired) electrons. The van der Waals surface area contributed by atoms with Gasteiger partial charge >= 0.3 is 0 Å². The Balaban J connectivity index is 1.98. The molecular formula is C28H32ClN3O4S. The molecule has 2 amide bonds. The number of aryl methyl sites for hydroxylation is 1. The summed E-state index contributed by atoms with van der Waals surface area (Å²) in [5, 5.41) is 3.16. The topological polar surface area (TPSA) is 86.8 Å². The highest BCUT2D eigenvalue weighted by Gasteiger charge is 2.32. The summed E-state index contributed by atoms with van der Waals surface area (Å²) in [6.45, 7) is 5.45. The molecule has 9 heteroatoms. The maximum atomic E-state index is 13.8. The first-order chi connectivity index (χ1) is 17.6. The number of para-hydroxylation sites is 1. The lowest BCUT2D eigenvalue weighted by atomic mass is 10.1. The van der Waals surface area contributed by atoms with E-state index in [4.69, 9.17) is 11.6 Å². The van der Waals surface area contributed by atoms with Crippen molar-refractivity contribution in [2.45, 2.75) is 38.1 Å². The SMILES string of the molecule is CCNC(=O)C(C)N(CCc1ccccc1)C(=O)CN(c1ccccc1C)S(=O)(=O)c1ccc(Cl)cc1. The van der Waals surface area contributed by atoms with Gasteiger partial charge in [-0.25, -0.2) is 8.42 Å². The maximum absolute atomic E-state index is 13.8. The third kappa shape index (κ3) is 7.11. The highest BCUT2D eigenvalue weighted by atomic mass is 35.5. The fourth-order valence-corrected chi connectivity index (χ4v) is 5.59. The molecule has 37 heavy (non-hydrogen) atoms. The van der Waals surface area contributed by atoms with Crippen molar-refractivity contribution in [3.05, 3.63) is 95.0 Å². The van der Waals surface area contributed by atoms with Crippen LogP contribution in [0.2, 0.25) is 5.02 Å². The number of nitrogens with zero attached hydrogens (tertiary/aromatic N) is 2. The molecule has 0 saturated heterocycles. The third-order valence-corrected chi connectivity index (χ3v) is 8.09. The second kappa shape index (κ2) is 12.7. The summed E-state index contributed by atoms with van der Waals surface area (Å²) in [4.78, 5) is 27.9. The number of rotatable bonds is 11. The van der Waals surface area contributed by atoms with Crippen LogP contribution in [0.15, 0.2) is 83.8 Å². The van der Waals surface area contributed by atoms with Crippen LogP contribution in [0.25, 0.3) is 0 Å². The van der Waals surface area contributed by atoms with E-state index >= 15 is 0 Å². The number of sulfonamides is 1. The second-order valence-corrected chi connectivity index (χ2v) is 10.9. The molecular weight excluding hydrogens is 510 g/mol. The molecule has 0 saturated carbocycles. The monoisotopic (exact) mass is 541 g/mol. The Hall–Kier alpha value is -3.36. The number of amides is 2. The largest absolute Gasteiger partial charge is 0.355 e. The molecule has 3 rings (SSSR count). The average molecular weight is 542 g/mol. The molecule has 0 heterocycles. The van der Waals surface area contributed by atoms with E-state index in [1.54, 1.807) is 45.0 Å². The summed E-state index contributed by atoms with van der Waals surface area (Å²) in [5.74, 6) is -0.776. The quantitative estimate of drug-likeness (QED) is 0.389. The smallest absolute Gasteiger partial charge is 0.264 e. The summed E-state index contributed by atoms with van der Waals surface area (Å²) < 4.78 is 28.7. The van der Waals surface area contributed by atoms with Gasteiger partial charge in [0.2, 0.25) is 11.8 Å². The minimum Gasteiger partial charge on any atom is -0.355 e. The van der Waals surface area contributed by atoms with E-state index in [0.29, 0.717) is 29.2 Å². The Morgan fingerprint density at radius 1 is 0.946 bits per heavy atom. The van der Waals surface area contributed by atoms with Gasteiger partial charge in [-0.05, 0) is 68.7 Å². The standard InChI is InChI=1S/C28H32ClN3O4S/c1-4-30-28(34)22(3)31(19-18-23-11-6-5-7-12-23)27(33)20-32(26-13-9-8-10-21(26)2)37(35,36)25-16-14-24(29)15-17-25/h5-17,22H,4,18-20H2,1-3H3,(H,30,34). The summed E-state index contributed by atoms with van der Waals surface area (Å²) in [6.07, 6.45) is 0.518. The van der Waals surface area contributed by atoms with Crippen LogP contribution in [0.5, 0.6) is 0 Å². The summed E-state index contributed by atoms with van der Waals surface area (Å²) in [6, 6.07) is 21.6. The van der Waals surface area contributed by atoms with Crippen LogP contribution in [0, 0.1) is 6.92 Å². The Morgan fingerprint density at radius 2 is 1.57 bits per heavy atom. The van der Waals surface area contributed by atoms with Gasteiger partial charge in [-0.15, -0.1) is 0 Å². The number of nitrogens with one attached hydrogen (secondary N) is 1. The molecule has 0 bridgehead atoms. The van der Waals surface area contributed by atoms with Gasteiger partial charge in [-0.3, -0.25) is 13.9 Å². The highest BCUT2D eigenvalue weighted by molar-refractivity contribution is 7.92. The molecule has 1 N–H and O–H groups in total. The highest BCUT2D eigenvalue weighted by Crippen LogP contribution is 2.27. The van der Waals surface area contributed by atoms with Gasteiger partial charge in [0.1, 0.15) is 12.6 Å². The summed E-state index contributed by atoms with van der Waals surface area (Å²) >= 11 is 5.98. The molecule has 196 valence electrons. The van der Waals surface area contributed by atoms with Crippen molar-refractivity contribution in [2.24, 2.45) is 0 Å². The predicted octanol–water partition coefficient (Wildman–Crippen LogP) is 4.44. The van der Waals surface area contributed by atoms with Gasteiger partial charge in [0.05, 0.1) is 10.6 Å². The van der Waals surface area contributed by atoms with Crippen LogP contribution in [0.4, 0.5) is 5.69 Å². The van der Waals surface area contributed by atoms with Crippen LogP contribution < -0.4 is 9.62 Å². The lowest BCUT2D eigenvalue weighted by molar-refractivity contribution is -0.138. The Labute approximate surface area is 224 Å². The van der Waals surface area contributed by atoms with Crippen molar-refractivity contribution in [3.8, 4) is 0 Å². The molecule has 0 aliphatic rings. The molecule has 3 aromatic carbocycles. The fourth-order valence-electron chi connectivity index (χ4n) is 3.98. The Morgan fingerprint density at radius 3 is 2.19 bits per heavy atom. The second-order valence-electron chi connectivity index (χ2n) is 8.65. The molecule has 1 atom stereocenters. The number of halogens is 1. The Bertz CT molecular complexity index is 1310. The lowest BCUT2D eigenvalue weighted by Gasteiger charge is -2.32. The van der Waals surface area contributed by atoms with Gasteiger partial charge in [-0.1, -0.05) is 60.1 Å². The van der Waals surface area contributed by atoms with E-state index in [1.165, 1.54) is 29.2 Å². The summed E-state index contributed by atoms with van der Waals surface area (Å²) in [5.41, 5.74) is 2.09. The van der Waals surface area contributed by atoms with Gasteiger partial charge in [0.25, 0.3) is 10.0 Å². The molecule has 0 fully saturated rings. The van der Waals surface area contributed by atoms with E-state index in [2.05, 4.69) is 5.32 Å². The van der Waals surface area contributed by atoms with Crippen molar-refractivity contribution in [1.82, 2.24) is 10.2 Å². The van der Waals surface area contributed by atoms with Gasteiger partial charge < -0.3 is 10.2 Å². The van der Waals surface area contributed by atoms with Crippen LogP contribution >= 0.6 is 11.6 Å². The minimum absolute atomic E-state index is 0.0144. The number of carbonyl (C=O) groups excluding carboxylic acids is 2. The van der Waals surface area contributed by atoms with Gasteiger partial charge in [0, 0.05) is 18.1 Å². The molecule has 0 aromatic heterocycles. The number of carbonyl (C=O) groups is 2. The summed E-state index contributed by atoms with van der Waals surface area (Å²) in [7, 11) is -4.12. The minimum atomic E-state index is -4.12. The molecule has 0 aliphatic heterocycles. The van der Waals surface area contributed by atoms with Crippen molar-refractivity contribution in [1.29, 1.82) is 0 Å². The van der Waals surface area contributed by atoms with Crippen LogP contribution in [-0.2, 0) is 26.0 Å². The molecule has 1 unspecified atom stereocenters. The van der Waals surface area contributed by atoms with Crippen LogP contribution in [0.1, 0.15) is 25.0 Å². The molecule has 3 aromatic rings. The lowest BCUT2D eigenvalue weighted by Crippen LogP contribution is -2.52. The van der Waals surface area contributed by atoms with E-state index < -0.39 is 28.5 Å². The zero-order valence-corrected chi connectivity index (χ0v) is 22.8. The number of hydrogen-bond donors (Lipinski definition) is 1. The normalized spacial score (nSPS) is 12.0.